The zero-order chi connectivity index (χ0) is 22.3. The van der Waals surface area contributed by atoms with Gasteiger partial charge >= 0.3 is 0 Å². The summed E-state index contributed by atoms with van der Waals surface area (Å²) in [5, 5.41) is 0. The van der Waals surface area contributed by atoms with Crippen molar-refractivity contribution in [2.75, 3.05) is 0 Å². The van der Waals surface area contributed by atoms with Gasteiger partial charge in [-0.15, -0.1) is 0 Å². The number of hydrogen-bond donors (Lipinski definition) is 0. The van der Waals surface area contributed by atoms with E-state index in [1.165, 1.54) is 36.0 Å². The Morgan fingerprint density at radius 1 is 0.844 bits per heavy atom. The van der Waals surface area contributed by atoms with E-state index in [-0.39, 0.29) is 10.8 Å². The zero-order valence-electron chi connectivity index (χ0n) is 19.9. The van der Waals surface area contributed by atoms with Crippen molar-refractivity contribution < 1.29 is 9.59 Å². The number of carbonyl (C=O) groups excluding carboxylic acids is 2. The number of hydrogen-bond acceptors (Lipinski definition) is 2. The predicted octanol–water partition coefficient (Wildman–Crippen LogP) is 7.04. The smallest absolute Gasteiger partial charge is 0.156 e. The van der Waals surface area contributed by atoms with E-state index in [0.717, 1.165) is 44.9 Å². The monoisotopic (exact) mass is 430 g/mol. The number of carbonyl (C=O) groups is 2. The molecule has 0 spiro atoms. The fraction of sp³-hybridized carbons (Fsp3) is 0.600. The number of aryl methyl sites for hydroxylation is 1. The maximum Gasteiger partial charge on any atom is 0.156 e. The zero-order valence-corrected chi connectivity index (χ0v) is 19.9. The molecule has 0 saturated heterocycles. The highest BCUT2D eigenvalue weighted by Crippen LogP contribution is 2.64. The van der Waals surface area contributed by atoms with Crippen molar-refractivity contribution in [1.29, 1.82) is 0 Å². The molecular formula is C30H38O2. The van der Waals surface area contributed by atoms with Gasteiger partial charge in [0, 0.05) is 18.3 Å². The molecule has 5 atom stereocenters. The molecule has 0 aromatic heterocycles. The van der Waals surface area contributed by atoms with Crippen molar-refractivity contribution in [3.63, 3.8) is 0 Å². The second-order valence-corrected chi connectivity index (χ2v) is 11.4. The summed E-state index contributed by atoms with van der Waals surface area (Å²) in [6.45, 7) is 4.68. The molecule has 32 heavy (non-hydrogen) atoms. The van der Waals surface area contributed by atoms with Crippen LogP contribution in [0.15, 0.2) is 53.6 Å². The van der Waals surface area contributed by atoms with Crippen LogP contribution >= 0.6 is 0 Å². The first-order chi connectivity index (χ1) is 15.4. The Labute approximate surface area is 193 Å². The lowest BCUT2D eigenvalue weighted by molar-refractivity contribution is -0.130. The normalized spacial score (nSPS) is 36.1. The van der Waals surface area contributed by atoms with Gasteiger partial charge in [-0.25, -0.2) is 0 Å². The second kappa shape index (κ2) is 8.43. The molecule has 5 rings (SSSR count). The largest absolute Gasteiger partial charge is 0.299 e. The first kappa shape index (κ1) is 21.9. The Kier molecular flexibility index (Phi) is 5.76. The summed E-state index contributed by atoms with van der Waals surface area (Å²) in [4.78, 5) is 25.2. The Morgan fingerprint density at radius 3 is 2.41 bits per heavy atom. The molecule has 1 aromatic rings. The van der Waals surface area contributed by atoms with E-state index in [1.54, 1.807) is 0 Å². The van der Waals surface area contributed by atoms with E-state index < -0.39 is 0 Å². The maximum atomic E-state index is 12.8. The molecule has 2 saturated carbocycles. The van der Waals surface area contributed by atoms with Gasteiger partial charge in [0.25, 0.3) is 0 Å². The summed E-state index contributed by atoms with van der Waals surface area (Å²) in [5.41, 5.74) is 4.21. The fourth-order valence-electron chi connectivity index (χ4n) is 7.71. The molecule has 0 bridgehead atoms. The summed E-state index contributed by atoms with van der Waals surface area (Å²) in [7, 11) is 0. The molecule has 4 aliphatic carbocycles. The molecule has 0 unspecified atom stereocenters. The second-order valence-electron chi connectivity index (χ2n) is 11.4. The maximum absolute atomic E-state index is 12.8. The van der Waals surface area contributed by atoms with Crippen molar-refractivity contribution in [2.45, 2.75) is 84.5 Å². The molecular weight excluding hydrogens is 392 g/mol. The summed E-state index contributed by atoms with van der Waals surface area (Å²) in [6, 6.07) is 10.8. The summed E-state index contributed by atoms with van der Waals surface area (Å²) in [5.74, 6) is 2.41. The van der Waals surface area contributed by atoms with Crippen LogP contribution in [-0.2, 0) is 16.0 Å². The van der Waals surface area contributed by atoms with Crippen LogP contribution in [0.4, 0.5) is 0 Å². The Morgan fingerprint density at radius 2 is 1.59 bits per heavy atom. The van der Waals surface area contributed by atoms with Crippen LogP contribution in [-0.4, -0.2) is 11.6 Å². The van der Waals surface area contributed by atoms with E-state index in [1.807, 2.05) is 6.08 Å². The van der Waals surface area contributed by atoms with E-state index in [4.69, 9.17) is 0 Å². The third-order valence-electron chi connectivity index (χ3n) is 9.67. The molecule has 2 nitrogen and oxygen atoms in total. The average molecular weight is 431 g/mol. The van der Waals surface area contributed by atoms with Crippen molar-refractivity contribution in [3.05, 3.63) is 59.2 Å². The van der Waals surface area contributed by atoms with Gasteiger partial charge in [-0.3, -0.25) is 9.59 Å². The van der Waals surface area contributed by atoms with Crippen molar-refractivity contribution in [3.8, 4) is 0 Å². The lowest BCUT2D eigenvalue weighted by atomic mass is 9.48. The van der Waals surface area contributed by atoms with E-state index in [9.17, 15) is 9.59 Å². The summed E-state index contributed by atoms with van der Waals surface area (Å²) >= 11 is 0. The molecule has 2 heteroatoms. The first-order valence-electron chi connectivity index (χ1n) is 13.0. The van der Waals surface area contributed by atoms with Crippen LogP contribution in [0.2, 0.25) is 0 Å². The number of unbranched alkanes of at least 4 members (excludes halogenated alkanes) is 2. The average Bonchev–Trinajstić information content (AvgIpc) is 3.10. The fourth-order valence-corrected chi connectivity index (χ4v) is 7.71. The van der Waals surface area contributed by atoms with Crippen molar-refractivity contribution in [1.82, 2.24) is 0 Å². The minimum atomic E-state index is -0.111. The van der Waals surface area contributed by atoms with Gasteiger partial charge in [-0.2, -0.15) is 0 Å². The van der Waals surface area contributed by atoms with Crippen molar-refractivity contribution >= 4 is 11.6 Å². The minimum Gasteiger partial charge on any atom is -0.299 e. The number of allylic oxidation sites excluding steroid dienone is 4. The van der Waals surface area contributed by atoms with Gasteiger partial charge in [-0.05, 0) is 97.3 Å². The number of fused-ring (bicyclic) bond motifs is 5. The first-order valence-corrected chi connectivity index (χ1v) is 13.0. The lowest BCUT2D eigenvalue weighted by Crippen LogP contribution is -2.49. The van der Waals surface area contributed by atoms with Crippen LogP contribution in [0.3, 0.4) is 0 Å². The Balaban J connectivity index is 1.35. The predicted molar refractivity (Wildman–Crippen MR) is 129 cm³/mol. The van der Waals surface area contributed by atoms with Gasteiger partial charge in [0.2, 0.25) is 0 Å². The highest BCUT2D eigenvalue weighted by atomic mass is 16.1. The minimum absolute atomic E-state index is 0.111. The molecule has 2 fully saturated rings. The number of benzene rings is 1. The van der Waals surface area contributed by atoms with Gasteiger partial charge in [0.05, 0.1) is 0 Å². The van der Waals surface area contributed by atoms with Gasteiger partial charge < -0.3 is 0 Å². The third-order valence-corrected chi connectivity index (χ3v) is 9.67. The number of Topliss-reactive ketones (excluding diaryl/α,β-unsaturated/α-hetero) is 1. The molecule has 4 aliphatic rings. The van der Waals surface area contributed by atoms with Crippen LogP contribution < -0.4 is 0 Å². The van der Waals surface area contributed by atoms with E-state index >= 15 is 0 Å². The topological polar surface area (TPSA) is 34.1 Å². The van der Waals surface area contributed by atoms with Crippen LogP contribution in [0.1, 0.15) is 83.6 Å². The highest BCUT2D eigenvalue weighted by Gasteiger charge is 2.58. The van der Waals surface area contributed by atoms with E-state index in [0.29, 0.717) is 35.7 Å². The van der Waals surface area contributed by atoms with Gasteiger partial charge in [0.1, 0.15) is 5.78 Å². The molecule has 170 valence electrons. The molecule has 0 heterocycles. The molecule has 1 aromatic carbocycles. The molecule has 0 aliphatic heterocycles. The Bertz CT molecular complexity index is 954. The molecule has 0 amide bonds. The quantitative estimate of drug-likeness (QED) is 0.454. The van der Waals surface area contributed by atoms with Crippen LogP contribution in [0.25, 0.3) is 0 Å². The van der Waals surface area contributed by atoms with Crippen LogP contribution in [0, 0.1) is 28.6 Å². The summed E-state index contributed by atoms with van der Waals surface area (Å²) in [6.07, 6.45) is 16.1. The Hall–Kier alpha value is -1.96. The van der Waals surface area contributed by atoms with E-state index in [2.05, 4.69) is 50.3 Å². The highest BCUT2D eigenvalue weighted by molar-refractivity contribution is 5.92. The molecule has 0 radical (unpaired) electrons. The standard InChI is InChI=1S/C30H38O2/c1-29-17-15-23(31)20-27(29)22(12-8-4-7-11-21-9-5-3-6-10-21)19-24-25-13-14-28(32)30(25,2)18-16-26(24)29/h3,5-6,9-10,19-20,24-26H,4,7-8,11-18H2,1-2H3/t24-,25-,26-,29+,30-/m0/s1. The molecule has 0 N–H and O–H groups in total. The lowest BCUT2D eigenvalue weighted by Gasteiger charge is -2.56. The SMILES string of the molecule is C[C@]12CCC(=O)C=C1C(CCCCCc1ccccc1)=C[C@@H]1[C@@H]2CC[C@]2(C)C(=O)CC[C@@H]12. The number of rotatable bonds is 6. The van der Waals surface area contributed by atoms with Gasteiger partial charge in [-0.1, -0.05) is 56.7 Å². The number of ketones is 2. The van der Waals surface area contributed by atoms with Crippen LogP contribution in [0.5, 0.6) is 0 Å². The third kappa shape index (κ3) is 3.64. The van der Waals surface area contributed by atoms with Crippen molar-refractivity contribution in [2.24, 2.45) is 28.6 Å². The summed E-state index contributed by atoms with van der Waals surface area (Å²) < 4.78 is 0. The van der Waals surface area contributed by atoms with Gasteiger partial charge in [0.15, 0.2) is 5.78 Å².